The Morgan fingerprint density at radius 1 is 0.464 bits per heavy atom. The fourth-order valence-corrected chi connectivity index (χ4v) is 9.50. The zero-order valence-electron chi connectivity index (χ0n) is 40.9. The summed E-state index contributed by atoms with van der Waals surface area (Å²) >= 11 is 0. The van der Waals surface area contributed by atoms with E-state index in [9.17, 15) is 63.1 Å². The van der Waals surface area contributed by atoms with Crippen LogP contribution in [0.3, 0.4) is 0 Å². The zero-order chi connectivity index (χ0) is 51.4. The number of aliphatic hydroxyl groups is 3. The second-order valence-electron chi connectivity index (χ2n) is 17.4. The minimum atomic E-state index is -5.61. The van der Waals surface area contributed by atoms with Crippen LogP contribution in [-0.2, 0) is 50.9 Å². The van der Waals surface area contributed by atoms with Gasteiger partial charge in [0.1, 0.15) is 43.2 Å². The number of aliphatic hydroxyl groups excluding tert-OH is 3. The van der Waals surface area contributed by atoms with Crippen LogP contribution in [0.4, 0.5) is 0 Å². The van der Waals surface area contributed by atoms with Gasteiger partial charge in [-0.15, -0.1) is 0 Å². The number of unbranched alkanes of at least 4 members (excludes halogenated alkanes) is 18. The van der Waals surface area contributed by atoms with Gasteiger partial charge in [-0.05, 0) is 51.4 Å². The molecular weight excluding hydrogens is 961 g/mol. The summed E-state index contributed by atoms with van der Waals surface area (Å²) in [5.41, 5.74) is 0. The number of allylic oxidation sites excluding steroid dienone is 8. The van der Waals surface area contributed by atoms with Crippen molar-refractivity contribution in [2.24, 2.45) is 0 Å². The van der Waals surface area contributed by atoms with E-state index >= 15 is 0 Å². The lowest BCUT2D eigenvalue weighted by atomic mass is 9.85. The Morgan fingerprint density at radius 2 is 0.855 bits per heavy atom. The van der Waals surface area contributed by atoms with Crippen molar-refractivity contribution >= 4 is 35.4 Å². The number of hydrogen-bond acceptors (Lipinski definition) is 14. The van der Waals surface area contributed by atoms with Crippen LogP contribution in [0.1, 0.15) is 181 Å². The topological polar surface area (TPSA) is 303 Å². The Hall–Kier alpha value is -1.89. The number of carbonyl (C=O) groups excluding carboxylic acids is 2. The van der Waals surface area contributed by atoms with Crippen LogP contribution in [-0.4, -0.2) is 108 Å². The van der Waals surface area contributed by atoms with Crippen molar-refractivity contribution in [3.63, 3.8) is 0 Å². The predicted molar refractivity (Wildman–Crippen MR) is 261 cm³/mol. The monoisotopic (exact) mass is 1050 g/mol. The lowest BCUT2D eigenvalue weighted by Gasteiger charge is -2.44. The lowest BCUT2D eigenvalue weighted by molar-refractivity contribution is -0.213. The molecule has 0 aromatic rings. The van der Waals surface area contributed by atoms with Crippen LogP contribution in [0.25, 0.3) is 0 Å². The fourth-order valence-electron chi connectivity index (χ4n) is 7.40. The smallest absolute Gasteiger partial charge is 0.462 e. The Labute approximate surface area is 410 Å². The average molecular weight is 1050 g/mol. The van der Waals surface area contributed by atoms with E-state index in [1.165, 1.54) is 83.5 Å². The summed E-state index contributed by atoms with van der Waals surface area (Å²) in [6, 6.07) is 0. The molecule has 0 bridgehead atoms. The highest BCUT2D eigenvalue weighted by Crippen LogP contribution is 2.51. The first-order chi connectivity index (χ1) is 32.8. The number of esters is 2. The van der Waals surface area contributed by atoms with Gasteiger partial charge < -0.3 is 49.3 Å². The third-order valence-corrected chi connectivity index (χ3v) is 13.2. The number of hydrogen-bond donors (Lipinski definition) is 8. The van der Waals surface area contributed by atoms with Crippen LogP contribution < -0.4 is 0 Å². The van der Waals surface area contributed by atoms with Crippen molar-refractivity contribution in [3.05, 3.63) is 48.6 Å². The molecule has 1 rings (SSSR count). The molecule has 1 aliphatic carbocycles. The van der Waals surface area contributed by atoms with Gasteiger partial charge in [-0.2, -0.15) is 0 Å². The van der Waals surface area contributed by atoms with Crippen molar-refractivity contribution in [2.75, 3.05) is 13.2 Å². The minimum absolute atomic E-state index is 0.0703. The van der Waals surface area contributed by atoms with Gasteiger partial charge in [0.05, 0.1) is 6.61 Å². The van der Waals surface area contributed by atoms with Gasteiger partial charge in [0.2, 0.25) is 0 Å². The molecule has 0 spiro atoms. The zero-order valence-corrected chi connectivity index (χ0v) is 43.6. The predicted octanol–water partition coefficient (Wildman–Crippen LogP) is 9.40. The fraction of sp³-hybridized carbons (Fsp3) is 0.787. The van der Waals surface area contributed by atoms with Crippen molar-refractivity contribution in [1.29, 1.82) is 0 Å². The summed E-state index contributed by atoms with van der Waals surface area (Å²) in [6.45, 7) is 2.88. The van der Waals surface area contributed by atoms with Crippen LogP contribution in [0.2, 0.25) is 0 Å². The number of ether oxygens (including phenoxy) is 2. The third-order valence-electron chi connectivity index (χ3n) is 11.1. The van der Waals surface area contributed by atoms with Gasteiger partial charge >= 0.3 is 35.4 Å². The molecule has 22 heteroatoms. The highest BCUT2D eigenvalue weighted by Gasteiger charge is 2.56. The van der Waals surface area contributed by atoms with E-state index in [4.69, 9.17) is 18.5 Å². The molecule has 0 radical (unpaired) electrons. The molecule has 1 fully saturated rings. The Balaban J connectivity index is 2.75. The van der Waals surface area contributed by atoms with Crippen LogP contribution in [0.15, 0.2) is 48.6 Å². The van der Waals surface area contributed by atoms with Crippen LogP contribution in [0, 0.1) is 0 Å². The molecule has 0 heterocycles. The first-order valence-corrected chi connectivity index (χ1v) is 29.5. The van der Waals surface area contributed by atoms with Gasteiger partial charge in [0, 0.05) is 12.8 Å². The molecule has 0 saturated heterocycles. The van der Waals surface area contributed by atoms with Crippen LogP contribution in [0.5, 0.6) is 0 Å². The maximum absolute atomic E-state index is 13.1. The molecule has 0 amide bonds. The molecule has 0 aromatic heterocycles. The third kappa shape index (κ3) is 35.0. The van der Waals surface area contributed by atoms with Crippen molar-refractivity contribution in [1.82, 2.24) is 0 Å². The number of phosphoric ester groups is 3. The second-order valence-corrected chi connectivity index (χ2v) is 21.2. The van der Waals surface area contributed by atoms with E-state index in [1.807, 2.05) is 18.2 Å². The molecule has 2 unspecified atom stereocenters. The molecule has 402 valence electrons. The van der Waals surface area contributed by atoms with Gasteiger partial charge in [0.15, 0.2) is 6.10 Å². The second kappa shape index (κ2) is 38.7. The first kappa shape index (κ1) is 65.1. The molecule has 69 heavy (non-hydrogen) atoms. The van der Waals surface area contributed by atoms with E-state index in [-0.39, 0.29) is 12.8 Å². The Morgan fingerprint density at radius 3 is 1.33 bits per heavy atom. The molecule has 8 atom stereocenters. The first-order valence-electron chi connectivity index (χ1n) is 24.9. The van der Waals surface area contributed by atoms with Crippen molar-refractivity contribution in [2.45, 2.75) is 224 Å². The van der Waals surface area contributed by atoms with E-state index in [2.05, 4.69) is 53.3 Å². The average Bonchev–Trinajstić information content (AvgIpc) is 3.28. The van der Waals surface area contributed by atoms with Gasteiger partial charge in [-0.1, -0.05) is 165 Å². The highest BCUT2D eigenvalue weighted by molar-refractivity contribution is 7.47. The molecule has 0 aromatic carbocycles. The standard InChI is InChI=1S/C47H85O19P3/c1-3-5-7-9-11-13-15-17-19-20-22-24-26-28-30-32-34-36-41(49)63-39(37-61-40(48)35-33-31-29-27-25-23-21-18-16-14-12-10-8-6-4-2)38-62-69(59,60)66-45-42(50)43(51)46(64-67(53,54)55)47(44(45)52)65-68(56,57)58/h11,13,17,19,22,24,28,30,39,42-47,50-52H,3-10,12,14-16,18,20-21,23,25-27,29,31-38H2,1-2H3,(H,59,60)(H2,53,54,55)(H2,56,57,58)/b13-11-,19-17-,24-22-,30-28-/t39?,42-,43+,44+,45-,46-,47-/m1/s1. The SMILES string of the molecule is CCCCC/C=C\C/C=C\C/C=C\C/C=C\CCCC(=O)OC(COC(=O)CCCCCCCCCCCCCCCCC)COP(=O)(O)O[C@@H]1[C@H](O)[C@H](O)[C@@H](OP(=O)(O)O)[C@H](OP(=O)(O)O)[C@H]1O. The maximum Gasteiger partial charge on any atom is 0.472 e. The number of rotatable bonds is 42. The molecule has 19 nitrogen and oxygen atoms in total. The summed E-state index contributed by atoms with van der Waals surface area (Å²) < 4.78 is 65.5. The van der Waals surface area contributed by atoms with Gasteiger partial charge in [-0.25, -0.2) is 13.7 Å². The molecule has 1 saturated carbocycles. The van der Waals surface area contributed by atoms with Crippen molar-refractivity contribution < 1.29 is 90.6 Å². The van der Waals surface area contributed by atoms with Gasteiger partial charge in [-0.3, -0.25) is 27.7 Å². The molecule has 8 N–H and O–H groups in total. The number of phosphoric acid groups is 3. The molecular formula is C47H85O19P3. The summed E-state index contributed by atoms with van der Waals surface area (Å²) in [4.78, 5) is 73.3. The highest BCUT2D eigenvalue weighted by atomic mass is 31.2. The largest absolute Gasteiger partial charge is 0.472 e. The summed E-state index contributed by atoms with van der Waals surface area (Å²) in [5.74, 6) is -1.36. The van der Waals surface area contributed by atoms with E-state index in [1.54, 1.807) is 0 Å². The number of carbonyl (C=O) groups is 2. The summed E-state index contributed by atoms with van der Waals surface area (Å²) in [6.07, 6.45) is 25.6. The minimum Gasteiger partial charge on any atom is -0.462 e. The van der Waals surface area contributed by atoms with E-state index < -0.39 is 91.3 Å². The molecule has 0 aliphatic heterocycles. The van der Waals surface area contributed by atoms with E-state index in [0.29, 0.717) is 25.7 Å². The summed E-state index contributed by atoms with van der Waals surface area (Å²) in [7, 11) is -16.6. The van der Waals surface area contributed by atoms with E-state index in [0.717, 1.165) is 44.9 Å². The van der Waals surface area contributed by atoms with Gasteiger partial charge in [0.25, 0.3) is 0 Å². The summed E-state index contributed by atoms with van der Waals surface area (Å²) in [5, 5.41) is 31.9. The maximum atomic E-state index is 13.1. The normalized spacial score (nSPS) is 21.7. The Kier molecular flexibility index (Phi) is 36.5. The van der Waals surface area contributed by atoms with Crippen LogP contribution >= 0.6 is 23.5 Å². The molecule has 1 aliphatic rings. The lowest BCUT2D eigenvalue weighted by Crippen LogP contribution is -2.65. The Bertz CT molecular complexity index is 1630. The quantitative estimate of drug-likeness (QED) is 0.0122. The van der Waals surface area contributed by atoms with Crippen molar-refractivity contribution in [3.8, 4) is 0 Å².